The van der Waals surface area contributed by atoms with Gasteiger partial charge in [0.05, 0.1) is 0 Å². The summed E-state index contributed by atoms with van der Waals surface area (Å²) >= 11 is 0. The van der Waals surface area contributed by atoms with Crippen LogP contribution in [-0.4, -0.2) is 0 Å². The third-order valence-electron chi connectivity index (χ3n) is 4.19. The van der Waals surface area contributed by atoms with Crippen molar-refractivity contribution in [3.05, 3.63) is 96.6 Å². The maximum Gasteiger partial charge on any atom is 0.142 e. The van der Waals surface area contributed by atoms with Crippen molar-refractivity contribution in [3.8, 4) is 33.8 Å². The summed E-state index contributed by atoms with van der Waals surface area (Å²) in [4.78, 5) is 0. The molecule has 0 aliphatic heterocycles. The number of furan rings is 1. The van der Waals surface area contributed by atoms with Crippen LogP contribution in [0.2, 0.25) is 0 Å². The van der Waals surface area contributed by atoms with Gasteiger partial charge in [-0.25, -0.2) is 0 Å². The van der Waals surface area contributed by atoms with Crippen LogP contribution in [0.4, 0.5) is 0 Å². The summed E-state index contributed by atoms with van der Waals surface area (Å²) in [5.74, 6) is 1.81. The first-order valence-electron chi connectivity index (χ1n) is 8.13. The predicted octanol–water partition coefficient (Wildman–Crippen LogP) is 6.59. The molecule has 0 atom stereocenters. The molecule has 0 bridgehead atoms. The fourth-order valence-electron chi connectivity index (χ4n) is 2.89. The van der Waals surface area contributed by atoms with Crippen LogP contribution in [-0.2, 0) is 0 Å². The van der Waals surface area contributed by atoms with Crippen LogP contribution in [0, 0.1) is 6.92 Å². The predicted molar refractivity (Wildman–Crippen MR) is 99.8 cm³/mol. The molecule has 0 N–H and O–H groups in total. The topological polar surface area (TPSA) is 13.1 Å². The summed E-state index contributed by atoms with van der Waals surface area (Å²) in [6.45, 7) is 2.10. The zero-order valence-electron chi connectivity index (χ0n) is 13.6. The average molecular weight is 310 g/mol. The third-order valence-corrected chi connectivity index (χ3v) is 4.19. The van der Waals surface area contributed by atoms with Gasteiger partial charge in [-0.1, -0.05) is 90.5 Å². The molecule has 0 saturated carbocycles. The van der Waals surface area contributed by atoms with E-state index in [1.54, 1.807) is 0 Å². The highest BCUT2D eigenvalue weighted by Crippen LogP contribution is 2.38. The van der Waals surface area contributed by atoms with Crippen LogP contribution in [0.1, 0.15) is 5.56 Å². The third kappa shape index (κ3) is 2.77. The molecule has 1 aromatic heterocycles. The minimum atomic E-state index is 0.894. The molecule has 1 heteroatoms. The van der Waals surface area contributed by atoms with E-state index in [0.717, 1.165) is 28.2 Å². The molecule has 0 amide bonds. The molecule has 0 saturated heterocycles. The zero-order chi connectivity index (χ0) is 16.4. The van der Waals surface area contributed by atoms with E-state index in [9.17, 15) is 0 Å². The Morgan fingerprint density at radius 3 is 1.79 bits per heavy atom. The number of hydrogen-bond acceptors (Lipinski definition) is 1. The van der Waals surface area contributed by atoms with Gasteiger partial charge in [-0.2, -0.15) is 0 Å². The Balaban J connectivity index is 1.90. The molecule has 0 spiro atoms. The maximum atomic E-state index is 6.28. The zero-order valence-corrected chi connectivity index (χ0v) is 13.6. The Labute approximate surface area is 142 Å². The lowest BCUT2D eigenvalue weighted by atomic mass is 10.0. The van der Waals surface area contributed by atoms with Crippen molar-refractivity contribution in [1.29, 1.82) is 0 Å². The molecule has 0 aliphatic carbocycles. The lowest BCUT2D eigenvalue weighted by Gasteiger charge is -2.03. The van der Waals surface area contributed by atoms with Gasteiger partial charge in [0.1, 0.15) is 11.5 Å². The van der Waals surface area contributed by atoms with Gasteiger partial charge >= 0.3 is 0 Å². The Kier molecular flexibility index (Phi) is 3.76. The molecular weight excluding hydrogens is 292 g/mol. The molecule has 0 aliphatic rings. The minimum absolute atomic E-state index is 0.894. The average Bonchev–Trinajstić information content (AvgIpc) is 3.09. The SMILES string of the molecule is Cc1ccc(-c2oc(-c3ccccc3)cc2-c2ccccc2)cc1. The molecule has 4 rings (SSSR count). The van der Waals surface area contributed by atoms with E-state index in [0.29, 0.717) is 0 Å². The highest BCUT2D eigenvalue weighted by atomic mass is 16.3. The van der Waals surface area contributed by atoms with Gasteiger partial charge in [-0.15, -0.1) is 0 Å². The van der Waals surface area contributed by atoms with Crippen LogP contribution in [0.25, 0.3) is 33.8 Å². The van der Waals surface area contributed by atoms with Gasteiger partial charge in [0.15, 0.2) is 0 Å². The maximum absolute atomic E-state index is 6.28. The fraction of sp³-hybridized carbons (Fsp3) is 0.0435. The molecule has 0 unspecified atom stereocenters. The van der Waals surface area contributed by atoms with Gasteiger partial charge in [0.2, 0.25) is 0 Å². The van der Waals surface area contributed by atoms with E-state index in [1.807, 2.05) is 24.3 Å². The van der Waals surface area contributed by atoms with Crippen molar-refractivity contribution >= 4 is 0 Å². The van der Waals surface area contributed by atoms with Crippen molar-refractivity contribution in [3.63, 3.8) is 0 Å². The first-order chi connectivity index (χ1) is 11.8. The van der Waals surface area contributed by atoms with Crippen LogP contribution >= 0.6 is 0 Å². The van der Waals surface area contributed by atoms with Crippen molar-refractivity contribution in [1.82, 2.24) is 0 Å². The second kappa shape index (κ2) is 6.21. The summed E-state index contributed by atoms with van der Waals surface area (Å²) in [7, 11) is 0. The van der Waals surface area contributed by atoms with Crippen LogP contribution in [0.5, 0.6) is 0 Å². The summed E-state index contributed by atoms with van der Waals surface area (Å²) in [6, 6.07) is 31.3. The number of aryl methyl sites for hydroxylation is 1. The van der Waals surface area contributed by atoms with E-state index in [4.69, 9.17) is 4.42 Å². The highest BCUT2D eigenvalue weighted by Gasteiger charge is 2.15. The van der Waals surface area contributed by atoms with E-state index in [2.05, 4.69) is 73.7 Å². The minimum Gasteiger partial charge on any atom is -0.455 e. The lowest BCUT2D eigenvalue weighted by molar-refractivity contribution is 0.598. The number of hydrogen-bond donors (Lipinski definition) is 0. The molecule has 24 heavy (non-hydrogen) atoms. The van der Waals surface area contributed by atoms with Crippen molar-refractivity contribution in [2.24, 2.45) is 0 Å². The van der Waals surface area contributed by atoms with Crippen LogP contribution in [0.15, 0.2) is 95.4 Å². The number of benzene rings is 3. The van der Waals surface area contributed by atoms with Gasteiger partial charge in [0, 0.05) is 16.7 Å². The first kappa shape index (κ1) is 14.5. The van der Waals surface area contributed by atoms with Crippen LogP contribution in [0.3, 0.4) is 0 Å². The quantitative estimate of drug-likeness (QED) is 0.416. The van der Waals surface area contributed by atoms with E-state index >= 15 is 0 Å². The largest absolute Gasteiger partial charge is 0.455 e. The Hall–Kier alpha value is -3.06. The van der Waals surface area contributed by atoms with E-state index in [-0.39, 0.29) is 0 Å². The summed E-state index contributed by atoms with van der Waals surface area (Å²) in [6.07, 6.45) is 0. The van der Waals surface area contributed by atoms with Crippen molar-refractivity contribution < 1.29 is 4.42 Å². The van der Waals surface area contributed by atoms with Crippen molar-refractivity contribution in [2.75, 3.05) is 0 Å². The molecule has 4 aromatic rings. The van der Waals surface area contributed by atoms with Crippen molar-refractivity contribution in [2.45, 2.75) is 6.92 Å². The van der Waals surface area contributed by atoms with Crippen LogP contribution < -0.4 is 0 Å². The van der Waals surface area contributed by atoms with E-state index < -0.39 is 0 Å². The van der Waals surface area contributed by atoms with Gasteiger partial charge in [0.25, 0.3) is 0 Å². The number of rotatable bonds is 3. The normalized spacial score (nSPS) is 10.7. The van der Waals surface area contributed by atoms with Gasteiger partial charge in [-0.05, 0) is 18.6 Å². The lowest BCUT2D eigenvalue weighted by Crippen LogP contribution is -1.80. The first-order valence-corrected chi connectivity index (χ1v) is 8.13. The second-order valence-electron chi connectivity index (χ2n) is 5.95. The van der Waals surface area contributed by atoms with E-state index in [1.165, 1.54) is 11.1 Å². The Morgan fingerprint density at radius 2 is 1.17 bits per heavy atom. The molecule has 1 nitrogen and oxygen atoms in total. The monoisotopic (exact) mass is 310 g/mol. The molecule has 0 radical (unpaired) electrons. The van der Waals surface area contributed by atoms with Gasteiger partial charge in [-0.3, -0.25) is 0 Å². The summed E-state index contributed by atoms with van der Waals surface area (Å²) in [5, 5.41) is 0. The summed E-state index contributed by atoms with van der Waals surface area (Å²) in [5.41, 5.74) is 5.72. The Morgan fingerprint density at radius 1 is 0.583 bits per heavy atom. The molecule has 3 aromatic carbocycles. The van der Waals surface area contributed by atoms with Gasteiger partial charge < -0.3 is 4.42 Å². The smallest absolute Gasteiger partial charge is 0.142 e. The standard InChI is InChI=1S/C23H18O/c1-17-12-14-20(15-13-17)23-21(18-8-4-2-5-9-18)16-22(24-23)19-10-6-3-7-11-19/h2-16H,1H3. The second-order valence-corrected chi connectivity index (χ2v) is 5.95. The molecule has 0 fully saturated rings. The fourth-order valence-corrected chi connectivity index (χ4v) is 2.89. The molecular formula is C23H18O. The summed E-state index contributed by atoms with van der Waals surface area (Å²) < 4.78 is 6.28. The highest BCUT2D eigenvalue weighted by molar-refractivity contribution is 5.83. The molecule has 116 valence electrons. The Bertz CT molecular complexity index is 933. The molecule has 1 heterocycles.